The van der Waals surface area contributed by atoms with Crippen molar-refractivity contribution in [3.05, 3.63) is 0 Å². The number of nitrogens with zero attached hydrogens (tertiary/aromatic N) is 1. The molecule has 0 aromatic rings. The smallest absolute Gasteiger partial charge is 0.0845 e. The van der Waals surface area contributed by atoms with Crippen molar-refractivity contribution in [2.24, 2.45) is 0 Å². The van der Waals surface area contributed by atoms with Crippen molar-refractivity contribution >= 4 is 0 Å². The predicted molar refractivity (Wildman–Crippen MR) is 52.1 cm³/mol. The van der Waals surface area contributed by atoms with Crippen LogP contribution in [0.15, 0.2) is 0 Å². The van der Waals surface area contributed by atoms with Gasteiger partial charge in [-0.3, -0.25) is 4.90 Å². The Hall–Kier alpha value is -0.160. The Balaban J connectivity index is 1.91. The molecule has 0 radical (unpaired) electrons. The van der Waals surface area contributed by atoms with E-state index in [9.17, 15) is 5.11 Å². The standard InChI is InChI=1S/C10H19NO3/c12-5-4-11-3-2-10(8-11)7-9(13)1-6-14-10/h9,12-13H,1-8H2/t9-,10-/m1/s1. The third kappa shape index (κ3) is 2.08. The number of aliphatic hydroxyl groups is 2. The lowest BCUT2D eigenvalue weighted by Crippen LogP contribution is -2.44. The van der Waals surface area contributed by atoms with Gasteiger partial charge >= 0.3 is 0 Å². The fraction of sp³-hybridized carbons (Fsp3) is 1.00. The first-order chi connectivity index (χ1) is 6.74. The maximum absolute atomic E-state index is 9.60. The third-order valence-corrected chi connectivity index (χ3v) is 3.28. The molecule has 2 aliphatic heterocycles. The van der Waals surface area contributed by atoms with Gasteiger partial charge in [-0.15, -0.1) is 0 Å². The summed E-state index contributed by atoms with van der Waals surface area (Å²) in [5.74, 6) is 0. The topological polar surface area (TPSA) is 52.9 Å². The quantitative estimate of drug-likeness (QED) is 0.638. The van der Waals surface area contributed by atoms with Gasteiger partial charge in [-0.25, -0.2) is 0 Å². The molecule has 82 valence electrons. The number of likely N-dealkylation sites (tertiary alicyclic amines) is 1. The average molecular weight is 201 g/mol. The Kier molecular flexibility index (Phi) is 3.07. The summed E-state index contributed by atoms with van der Waals surface area (Å²) in [5.41, 5.74) is -0.118. The van der Waals surface area contributed by atoms with Crippen LogP contribution in [0.2, 0.25) is 0 Å². The van der Waals surface area contributed by atoms with Crippen LogP contribution in [-0.2, 0) is 4.74 Å². The first kappa shape index (κ1) is 10.4. The molecule has 2 aliphatic rings. The molecule has 2 rings (SSSR count). The minimum atomic E-state index is -0.196. The van der Waals surface area contributed by atoms with Crippen LogP contribution in [0.4, 0.5) is 0 Å². The average Bonchev–Trinajstić information content (AvgIpc) is 2.49. The summed E-state index contributed by atoms with van der Waals surface area (Å²) < 4.78 is 5.79. The first-order valence-corrected chi connectivity index (χ1v) is 5.39. The Labute approximate surface area is 84.5 Å². The zero-order chi connectivity index (χ0) is 10.0. The zero-order valence-corrected chi connectivity index (χ0v) is 8.48. The molecule has 0 unspecified atom stereocenters. The molecule has 2 atom stereocenters. The van der Waals surface area contributed by atoms with Gasteiger partial charge in [0, 0.05) is 32.7 Å². The second-order valence-corrected chi connectivity index (χ2v) is 4.43. The van der Waals surface area contributed by atoms with Gasteiger partial charge in [-0.05, 0) is 12.8 Å². The molecule has 0 aliphatic carbocycles. The van der Waals surface area contributed by atoms with Gasteiger partial charge in [0.15, 0.2) is 0 Å². The minimum absolute atomic E-state index is 0.118. The maximum atomic E-state index is 9.60. The van der Waals surface area contributed by atoms with Gasteiger partial charge in [-0.1, -0.05) is 0 Å². The number of hydrogen-bond acceptors (Lipinski definition) is 4. The van der Waals surface area contributed by atoms with Gasteiger partial charge in [0.25, 0.3) is 0 Å². The molecule has 0 aromatic heterocycles. The van der Waals surface area contributed by atoms with Crippen molar-refractivity contribution in [1.82, 2.24) is 4.90 Å². The Morgan fingerprint density at radius 3 is 3.07 bits per heavy atom. The molecule has 0 saturated carbocycles. The highest BCUT2D eigenvalue weighted by atomic mass is 16.5. The largest absolute Gasteiger partial charge is 0.395 e. The Bertz CT molecular complexity index is 200. The second-order valence-electron chi connectivity index (χ2n) is 4.43. The van der Waals surface area contributed by atoms with Gasteiger partial charge in [0.05, 0.1) is 18.3 Å². The lowest BCUT2D eigenvalue weighted by atomic mass is 9.91. The fourth-order valence-electron chi connectivity index (χ4n) is 2.55. The van der Waals surface area contributed by atoms with E-state index in [1.807, 2.05) is 0 Å². The van der Waals surface area contributed by atoms with E-state index >= 15 is 0 Å². The molecule has 0 aromatic carbocycles. The molecule has 2 saturated heterocycles. The molecule has 0 amide bonds. The maximum Gasteiger partial charge on any atom is 0.0845 e. The molecule has 2 fully saturated rings. The van der Waals surface area contributed by atoms with Gasteiger partial charge in [-0.2, -0.15) is 0 Å². The summed E-state index contributed by atoms with van der Waals surface area (Å²) in [5, 5.41) is 18.4. The first-order valence-electron chi connectivity index (χ1n) is 5.39. The van der Waals surface area contributed by atoms with Crippen molar-refractivity contribution in [2.45, 2.75) is 31.0 Å². The van der Waals surface area contributed by atoms with E-state index in [2.05, 4.69) is 4.90 Å². The molecule has 1 spiro atoms. The van der Waals surface area contributed by atoms with Crippen molar-refractivity contribution in [3.8, 4) is 0 Å². The van der Waals surface area contributed by atoms with E-state index in [1.54, 1.807) is 0 Å². The fourth-order valence-corrected chi connectivity index (χ4v) is 2.55. The summed E-state index contributed by atoms with van der Waals surface area (Å²) in [4.78, 5) is 2.21. The molecule has 2 N–H and O–H groups in total. The molecular formula is C10H19NO3. The van der Waals surface area contributed by atoms with E-state index in [4.69, 9.17) is 9.84 Å². The van der Waals surface area contributed by atoms with Crippen LogP contribution in [0.3, 0.4) is 0 Å². The minimum Gasteiger partial charge on any atom is -0.395 e. The van der Waals surface area contributed by atoms with Crippen molar-refractivity contribution < 1.29 is 14.9 Å². The van der Waals surface area contributed by atoms with E-state index in [0.29, 0.717) is 6.61 Å². The number of rotatable bonds is 2. The number of aliphatic hydroxyl groups excluding tert-OH is 2. The normalized spacial score (nSPS) is 39.4. The van der Waals surface area contributed by atoms with Crippen LogP contribution in [0.1, 0.15) is 19.3 Å². The predicted octanol–water partition coefficient (Wildman–Crippen LogP) is -0.406. The summed E-state index contributed by atoms with van der Waals surface area (Å²) >= 11 is 0. The highest BCUT2D eigenvalue weighted by Crippen LogP contribution is 2.33. The number of hydrogen-bond donors (Lipinski definition) is 2. The van der Waals surface area contributed by atoms with Crippen LogP contribution in [0.5, 0.6) is 0 Å². The molecule has 0 bridgehead atoms. The summed E-state index contributed by atoms with van der Waals surface area (Å²) in [6.07, 6.45) is 2.32. The van der Waals surface area contributed by atoms with Crippen molar-refractivity contribution in [2.75, 3.05) is 32.8 Å². The van der Waals surface area contributed by atoms with Gasteiger partial charge in [0.2, 0.25) is 0 Å². The van der Waals surface area contributed by atoms with E-state index in [0.717, 1.165) is 38.9 Å². The third-order valence-electron chi connectivity index (χ3n) is 3.28. The molecular weight excluding hydrogens is 182 g/mol. The molecule has 14 heavy (non-hydrogen) atoms. The van der Waals surface area contributed by atoms with Gasteiger partial charge < -0.3 is 14.9 Å². The monoisotopic (exact) mass is 201 g/mol. The van der Waals surface area contributed by atoms with Crippen LogP contribution in [0, 0.1) is 0 Å². The summed E-state index contributed by atoms with van der Waals surface area (Å²) in [7, 11) is 0. The van der Waals surface area contributed by atoms with Crippen LogP contribution in [-0.4, -0.2) is 59.7 Å². The molecule has 4 nitrogen and oxygen atoms in total. The van der Waals surface area contributed by atoms with Crippen LogP contribution >= 0.6 is 0 Å². The molecule has 2 heterocycles. The van der Waals surface area contributed by atoms with Crippen molar-refractivity contribution in [3.63, 3.8) is 0 Å². The SMILES string of the molecule is OCCN1CC[C@@]2(C[C@H](O)CCO2)C1. The number of β-amino-alcohol motifs (C(OH)–C–C–N with tert-alkyl or cyclic N) is 1. The second kappa shape index (κ2) is 4.14. The van der Waals surface area contributed by atoms with E-state index in [-0.39, 0.29) is 18.3 Å². The van der Waals surface area contributed by atoms with Crippen molar-refractivity contribution in [1.29, 1.82) is 0 Å². The van der Waals surface area contributed by atoms with E-state index < -0.39 is 0 Å². The molecule has 4 heteroatoms. The summed E-state index contributed by atoms with van der Waals surface area (Å²) in [6.45, 7) is 3.45. The zero-order valence-electron chi connectivity index (χ0n) is 8.48. The lowest BCUT2D eigenvalue weighted by molar-refractivity contribution is -0.110. The highest BCUT2D eigenvalue weighted by molar-refractivity contribution is 4.95. The van der Waals surface area contributed by atoms with Gasteiger partial charge in [0.1, 0.15) is 0 Å². The summed E-state index contributed by atoms with van der Waals surface area (Å²) in [6, 6.07) is 0. The van der Waals surface area contributed by atoms with Crippen LogP contribution in [0.25, 0.3) is 0 Å². The Morgan fingerprint density at radius 1 is 1.50 bits per heavy atom. The Morgan fingerprint density at radius 2 is 2.36 bits per heavy atom. The lowest BCUT2D eigenvalue weighted by Gasteiger charge is -2.36. The highest BCUT2D eigenvalue weighted by Gasteiger charge is 2.42. The van der Waals surface area contributed by atoms with Crippen LogP contribution < -0.4 is 0 Å². The number of ether oxygens (including phenoxy) is 1. The van der Waals surface area contributed by atoms with E-state index in [1.165, 1.54) is 0 Å².